The van der Waals surface area contributed by atoms with Gasteiger partial charge in [0.2, 0.25) is 0 Å². The lowest BCUT2D eigenvalue weighted by molar-refractivity contribution is 0.450. The second-order valence-corrected chi connectivity index (χ2v) is 6.60. The molecular weight excluding hydrogens is 330 g/mol. The quantitative estimate of drug-likeness (QED) is 0.899. The van der Waals surface area contributed by atoms with Gasteiger partial charge in [-0.2, -0.15) is 0 Å². The molecule has 0 bridgehead atoms. The van der Waals surface area contributed by atoms with Gasteiger partial charge in [-0.15, -0.1) is 0 Å². The van der Waals surface area contributed by atoms with E-state index in [1.54, 1.807) is 4.68 Å². The Hall–Kier alpha value is -1.49. The third-order valence-electron chi connectivity index (χ3n) is 3.96. The molecule has 1 fully saturated rings. The molecule has 1 heterocycles. The molecule has 112 valence electrons. The average molecular weight is 350 g/mol. The number of halogens is 1. The molecule has 0 amide bonds. The molecule has 0 spiro atoms. The Morgan fingerprint density at radius 3 is 2.48 bits per heavy atom. The minimum absolute atomic E-state index is 0.0479. The normalized spacial score (nSPS) is 14.6. The van der Waals surface area contributed by atoms with Crippen molar-refractivity contribution in [3.63, 3.8) is 0 Å². The summed E-state index contributed by atoms with van der Waals surface area (Å²) in [5, 5.41) is 0. The van der Waals surface area contributed by atoms with Gasteiger partial charge >= 0.3 is 0 Å². The molecule has 1 aliphatic rings. The van der Waals surface area contributed by atoms with E-state index in [-0.39, 0.29) is 5.56 Å². The van der Waals surface area contributed by atoms with Gasteiger partial charge in [0.05, 0.1) is 12.2 Å². The highest BCUT2D eigenvalue weighted by molar-refractivity contribution is 9.10. The van der Waals surface area contributed by atoms with Gasteiger partial charge in [0.25, 0.3) is 5.56 Å². The van der Waals surface area contributed by atoms with E-state index in [1.807, 2.05) is 24.3 Å². The zero-order chi connectivity index (χ0) is 15.0. The molecule has 0 atom stereocenters. The standard InChI is InChI=1S/C16H20BrN3O/c1-2-9-19-15(12-5-6-12)14(18)16(21)20(19)10-11-3-7-13(17)8-4-11/h3-4,7-8,12H,2,5-6,9-10,18H2,1H3. The van der Waals surface area contributed by atoms with Crippen LogP contribution in [-0.4, -0.2) is 9.36 Å². The number of benzene rings is 1. The fraction of sp³-hybridized carbons (Fsp3) is 0.438. The molecule has 3 rings (SSSR count). The Bertz CT molecular complexity index is 696. The monoisotopic (exact) mass is 349 g/mol. The second-order valence-electron chi connectivity index (χ2n) is 5.69. The van der Waals surface area contributed by atoms with E-state index in [1.165, 1.54) is 0 Å². The maximum atomic E-state index is 12.5. The molecule has 4 nitrogen and oxygen atoms in total. The summed E-state index contributed by atoms with van der Waals surface area (Å²) in [6.45, 7) is 3.54. The Labute approximate surface area is 132 Å². The summed E-state index contributed by atoms with van der Waals surface area (Å²) >= 11 is 3.43. The molecule has 0 unspecified atom stereocenters. The van der Waals surface area contributed by atoms with Crippen molar-refractivity contribution in [3.8, 4) is 0 Å². The molecule has 0 aliphatic heterocycles. The van der Waals surface area contributed by atoms with Gasteiger partial charge < -0.3 is 5.73 Å². The predicted molar refractivity (Wildman–Crippen MR) is 88.6 cm³/mol. The Balaban J connectivity index is 2.02. The van der Waals surface area contributed by atoms with Crippen LogP contribution < -0.4 is 11.3 Å². The van der Waals surface area contributed by atoms with Crippen LogP contribution in [0.2, 0.25) is 0 Å². The van der Waals surface area contributed by atoms with Gasteiger partial charge in [0.15, 0.2) is 0 Å². The van der Waals surface area contributed by atoms with Crippen LogP contribution >= 0.6 is 15.9 Å². The molecule has 2 aromatic rings. The van der Waals surface area contributed by atoms with Crippen molar-refractivity contribution in [2.45, 2.75) is 45.2 Å². The fourth-order valence-corrected chi connectivity index (χ4v) is 3.05. The number of anilines is 1. The van der Waals surface area contributed by atoms with Gasteiger partial charge in [-0.1, -0.05) is 35.0 Å². The summed E-state index contributed by atoms with van der Waals surface area (Å²) in [5.74, 6) is 0.482. The summed E-state index contributed by atoms with van der Waals surface area (Å²) < 4.78 is 4.95. The van der Waals surface area contributed by atoms with Crippen molar-refractivity contribution in [3.05, 3.63) is 50.3 Å². The molecule has 0 radical (unpaired) electrons. The van der Waals surface area contributed by atoms with E-state index >= 15 is 0 Å². The van der Waals surface area contributed by atoms with Gasteiger partial charge in [-0.25, -0.2) is 4.68 Å². The molecule has 21 heavy (non-hydrogen) atoms. The molecule has 0 saturated heterocycles. The Morgan fingerprint density at radius 1 is 1.24 bits per heavy atom. The first-order valence-electron chi connectivity index (χ1n) is 7.45. The number of rotatable bonds is 5. The SMILES string of the molecule is CCCn1c(C2CC2)c(N)c(=O)n1Cc1ccc(Br)cc1. The van der Waals surface area contributed by atoms with Crippen molar-refractivity contribution in [1.82, 2.24) is 9.36 Å². The van der Waals surface area contributed by atoms with E-state index in [9.17, 15) is 4.79 Å². The first kappa shape index (κ1) is 14.4. The van der Waals surface area contributed by atoms with Crippen LogP contribution in [0.1, 0.15) is 43.4 Å². The number of nitrogens with zero attached hydrogens (tertiary/aromatic N) is 2. The number of nitrogens with two attached hydrogens (primary N) is 1. The first-order chi connectivity index (χ1) is 10.1. The molecule has 2 N–H and O–H groups in total. The summed E-state index contributed by atoms with van der Waals surface area (Å²) in [6.07, 6.45) is 3.29. The van der Waals surface area contributed by atoms with Crippen LogP contribution in [0.5, 0.6) is 0 Å². The lowest BCUT2D eigenvalue weighted by Crippen LogP contribution is -2.25. The molecule has 5 heteroatoms. The van der Waals surface area contributed by atoms with Crippen molar-refractivity contribution in [1.29, 1.82) is 0 Å². The highest BCUT2D eigenvalue weighted by Crippen LogP contribution is 2.42. The highest BCUT2D eigenvalue weighted by Gasteiger charge is 2.32. The zero-order valence-electron chi connectivity index (χ0n) is 12.2. The Morgan fingerprint density at radius 2 is 1.90 bits per heavy atom. The predicted octanol–water partition coefficient (Wildman–Crippen LogP) is 3.33. The van der Waals surface area contributed by atoms with E-state index < -0.39 is 0 Å². The lowest BCUT2D eigenvalue weighted by atomic mass is 10.2. The summed E-state index contributed by atoms with van der Waals surface area (Å²) in [4.78, 5) is 12.5. The smallest absolute Gasteiger partial charge is 0.290 e. The van der Waals surface area contributed by atoms with Crippen molar-refractivity contribution in [2.75, 3.05) is 5.73 Å². The van der Waals surface area contributed by atoms with Crippen LogP contribution in [0.25, 0.3) is 0 Å². The molecule has 1 aromatic carbocycles. The van der Waals surface area contributed by atoms with Crippen LogP contribution in [-0.2, 0) is 13.1 Å². The summed E-state index contributed by atoms with van der Waals surface area (Å²) in [7, 11) is 0. The third kappa shape index (κ3) is 2.79. The zero-order valence-corrected chi connectivity index (χ0v) is 13.8. The van der Waals surface area contributed by atoms with Gasteiger partial charge in [-0.3, -0.25) is 9.48 Å². The topological polar surface area (TPSA) is 52.9 Å². The highest BCUT2D eigenvalue weighted by atomic mass is 79.9. The van der Waals surface area contributed by atoms with E-state index in [0.29, 0.717) is 18.2 Å². The van der Waals surface area contributed by atoms with Gasteiger partial charge in [0.1, 0.15) is 5.69 Å². The second kappa shape index (κ2) is 5.72. The van der Waals surface area contributed by atoms with Crippen molar-refractivity contribution < 1.29 is 0 Å². The number of nitrogen functional groups attached to an aromatic ring is 1. The first-order valence-corrected chi connectivity index (χ1v) is 8.24. The van der Waals surface area contributed by atoms with E-state index in [4.69, 9.17) is 5.73 Å². The minimum atomic E-state index is -0.0479. The van der Waals surface area contributed by atoms with Crippen LogP contribution in [0.4, 0.5) is 5.69 Å². The third-order valence-corrected chi connectivity index (χ3v) is 4.48. The van der Waals surface area contributed by atoms with Gasteiger partial charge in [0, 0.05) is 16.9 Å². The van der Waals surface area contributed by atoms with Crippen molar-refractivity contribution in [2.24, 2.45) is 0 Å². The molecule has 1 aliphatic carbocycles. The molecular formula is C16H20BrN3O. The average Bonchev–Trinajstić information content (AvgIpc) is 3.27. The molecule has 1 saturated carbocycles. The van der Waals surface area contributed by atoms with Crippen LogP contribution in [0.15, 0.2) is 33.5 Å². The van der Waals surface area contributed by atoms with Crippen LogP contribution in [0.3, 0.4) is 0 Å². The minimum Gasteiger partial charge on any atom is -0.393 e. The molecule has 1 aromatic heterocycles. The summed E-state index contributed by atoms with van der Waals surface area (Å²) in [5.41, 5.74) is 8.65. The lowest BCUT2D eigenvalue weighted by Gasteiger charge is -2.14. The van der Waals surface area contributed by atoms with Crippen molar-refractivity contribution >= 4 is 21.6 Å². The van der Waals surface area contributed by atoms with Crippen LogP contribution in [0, 0.1) is 0 Å². The number of aromatic nitrogens is 2. The maximum absolute atomic E-state index is 12.5. The largest absolute Gasteiger partial charge is 0.393 e. The Kier molecular flexibility index (Phi) is 3.93. The maximum Gasteiger partial charge on any atom is 0.290 e. The number of hydrogen-bond donors (Lipinski definition) is 1. The van der Waals surface area contributed by atoms with E-state index in [0.717, 1.165) is 41.5 Å². The number of hydrogen-bond acceptors (Lipinski definition) is 2. The van der Waals surface area contributed by atoms with E-state index in [2.05, 4.69) is 27.5 Å². The fourth-order valence-electron chi connectivity index (χ4n) is 2.79. The van der Waals surface area contributed by atoms with Gasteiger partial charge in [-0.05, 0) is 37.0 Å². The summed E-state index contributed by atoms with van der Waals surface area (Å²) in [6, 6.07) is 8.07.